The molecule has 1 N–H and O–H groups in total. The fourth-order valence-electron chi connectivity index (χ4n) is 2.78. The normalized spacial score (nSPS) is 14.5. The van der Waals surface area contributed by atoms with Crippen molar-refractivity contribution in [3.05, 3.63) is 42.1 Å². The van der Waals surface area contributed by atoms with E-state index in [0.29, 0.717) is 49.6 Å². The molecule has 2 aromatic rings. The molecule has 1 aromatic heterocycles. The summed E-state index contributed by atoms with van der Waals surface area (Å²) in [6.07, 6.45) is 1.04. The van der Waals surface area contributed by atoms with Gasteiger partial charge in [0.15, 0.2) is 5.82 Å². The lowest BCUT2D eigenvalue weighted by atomic mass is 10.1. The molecule has 26 heavy (non-hydrogen) atoms. The number of hydrogen-bond acceptors (Lipinski definition) is 5. The highest BCUT2D eigenvalue weighted by atomic mass is 16.5. The van der Waals surface area contributed by atoms with Gasteiger partial charge in [0.1, 0.15) is 11.5 Å². The second-order valence-electron chi connectivity index (χ2n) is 6.84. The quantitative estimate of drug-likeness (QED) is 0.863. The number of nitrogens with zero attached hydrogens (tertiary/aromatic N) is 3. The summed E-state index contributed by atoms with van der Waals surface area (Å²) in [6.45, 7) is 7.52. The Bertz CT molecular complexity index is 728. The summed E-state index contributed by atoms with van der Waals surface area (Å²) in [5.41, 5.74) is 1.32. The lowest BCUT2D eigenvalue weighted by Gasteiger charge is -2.26. The third-order valence-corrected chi connectivity index (χ3v) is 4.30. The van der Waals surface area contributed by atoms with Crippen molar-refractivity contribution in [1.29, 1.82) is 0 Å². The number of rotatable bonds is 6. The molecule has 0 spiro atoms. The fourth-order valence-corrected chi connectivity index (χ4v) is 2.78. The van der Waals surface area contributed by atoms with Gasteiger partial charge in [-0.15, -0.1) is 0 Å². The van der Waals surface area contributed by atoms with Gasteiger partial charge in [-0.3, -0.25) is 4.79 Å². The van der Waals surface area contributed by atoms with Gasteiger partial charge in [0, 0.05) is 31.3 Å². The molecule has 1 aliphatic rings. The second-order valence-corrected chi connectivity index (χ2v) is 6.84. The third kappa shape index (κ3) is 4.79. The molecule has 0 saturated carbocycles. The number of amides is 1. The Balaban J connectivity index is 1.87. The molecule has 0 radical (unpaired) electrons. The van der Waals surface area contributed by atoms with E-state index in [1.54, 1.807) is 11.0 Å². The molecule has 1 amide bonds. The predicted molar refractivity (Wildman–Crippen MR) is 102 cm³/mol. The van der Waals surface area contributed by atoms with Crippen LogP contribution < -0.4 is 5.32 Å². The van der Waals surface area contributed by atoms with Crippen LogP contribution in [0.1, 0.15) is 30.8 Å². The number of carbonyl (C=O) groups is 1. The minimum Gasteiger partial charge on any atom is -0.378 e. The minimum absolute atomic E-state index is 0.0696. The van der Waals surface area contributed by atoms with Crippen molar-refractivity contribution in [2.24, 2.45) is 5.92 Å². The molecular weight excluding hydrogens is 328 g/mol. The van der Waals surface area contributed by atoms with Crippen LogP contribution in [0.3, 0.4) is 0 Å². The standard InChI is InChI=1S/C20H26N4O2/c1-15(2)8-9-21-18-14-17(20(25)24-10-12-26-13-11-24)22-19(23-18)16-6-4-3-5-7-16/h3-7,14-15H,8-13H2,1-2H3,(H,21,22,23). The Labute approximate surface area is 154 Å². The first kappa shape index (κ1) is 18.3. The van der Waals surface area contributed by atoms with Gasteiger partial charge in [-0.2, -0.15) is 0 Å². The van der Waals surface area contributed by atoms with Crippen LogP contribution in [0.4, 0.5) is 5.82 Å². The molecule has 1 saturated heterocycles. The van der Waals surface area contributed by atoms with Crippen molar-refractivity contribution in [2.75, 3.05) is 38.2 Å². The van der Waals surface area contributed by atoms with Crippen molar-refractivity contribution < 1.29 is 9.53 Å². The summed E-state index contributed by atoms with van der Waals surface area (Å²) in [5, 5.41) is 3.34. The van der Waals surface area contributed by atoms with Gasteiger partial charge in [0.05, 0.1) is 13.2 Å². The highest BCUT2D eigenvalue weighted by Crippen LogP contribution is 2.19. The topological polar surface area (TPSA) is 67.4 Å². The van der Waals surface area contributed by atoms with Gasteiger partial charge in [-0.1, -0.05) is 44.2 Å². The van der Waals surface area contributed by atoms with Crippen LogP contribution in [-0.2, 0) is 4.74 Å². The smallest absolute Gasteiger partial charge is 0.272 e. The number of morpholine rings is 1. The van der Waals surface area contributed by atoms with E-state index in [1.165, 1.54) is 0 Å². The molecule has 0 unspecified atom stereocenters. The van der Waals surface area contributed by atoms with Crippen LogP contribution in [0, 0.1) is 5.92 Å². The first-order valence-corrected chi connectivity index (χ1v) is 9.19. The number of hydrogen-bond donors (Lipinski definition) is 1. The van der Waals surface area contributed by atoms with Crippen LogP contribution in [0.15, 0.2) is 36.4 Å². The molecule has 0 aliphatic carbocycles. The average molecular weight is 354 g/mol. The van der Waals surface area contributed by atoms with E-state index in [-0.39, 0.29) is 5.91 Å². The van der Waals surface area contributed by atoms with Gasteiger partial charge in [-0.05, 0) is 12.3 Å². The van der Waals surface area contributed by atoms with Crippen LogP contribution in [0.25, 0.3) is 11.4 Å². The van der Waals surface area contributed by atoms with Crippen LogP contribution >= 0.6 is 0 Å². The largest absolute Gasteiger partial charge is 0.378 e. The lowest BCUT2D eigenvalue weighted by Crippen LogP contribution is -2.41. The third-order valence-electron chi connectivity index (χ3n) is 4.30. The van der Waals surface area contributed by atoms with Crippen molar-refractivity contribution in [3.63, 3.8) is 0 Å². The maximum Gasteiger partial charge on any atom is 0.272 e. The van der Waals surface area contributed by atoms with Crippen molar-refractivity contribution in [3.8, 4) is 11.4 Å². The van der Waals surface area contributed by atoms with Gasteiger partial charge in [0.2, 0.25) is 0 Å². The maximum absolute atomic E-state index is 12.9. The Morgan fingerprint density at radius 2 is 1.92 bits per heavy atom. The maximum atomic E-state index is 12.9. The number of carbonyl (C=O) groups excluding carboxylic acids is 1. The Kier molecular flexibility index (Phi) is 6.17. The summed E-state index contributed by atoms with van der Waals surface area (Å²) in [7, 11) is 0. The van der Waals surface area contributed by atoms with Crippen LogP contribution in [-0.4, -0.2) is 53.6 Å². The van der Waals surface area contributed by atoms with Crippen molar-refractivity contribution in [1.82, 2.24) is 14.9 Å². The number of aromatic nitrogens is 2. The van der Waals surface area contributed by atoms with Gasteiger partial charge in [-0.25, -0.2) is 9.97 Å². The Morgan fingerprint density at radius 1 is 1.19 bits per heavy atom. The highest BCUT2D eigenvalue weighted by molar-refractivity contribution is 5.93. The summed E-state index contributed by atoms with van der Waals surface area (Å²) in [4.78, 5) is 23.8. The van der Waals surface area contributed by atoms with Gasteiger partial charge < -0.3 is 15.0 Å². The molecule has 6 heteroatoms. The monoisotopic (exact) mass is 354 g/mol. The number of anilines is 1. The first-order chi connectivity index (χ1) is 12.6. The molecule has 0 atom stereocenters. The molecule has 1 aliphatic heterocycles. The molecule has 138 valence electrons. The molecule has 3 rings (SSSR count). The highest BCUT2D eigenvalue weighted by Gasteiger charge is 2.21. The zero-order valence-electron chi connectivity index (χ0n) is 15.4. The summed E-state index contributed by atoms with van der Waals surface area (Å²) < 4.78 is 5.34. The molecular formula is C20H26N4O2. The average Bonchev–Trinajstić information content (AvgIpc) is 2.68. The van der Waals surface area contributed by atoms with E-state index in [4.69, 9.17) is 4.74 Å². The lowest BCUT2D eigenvalue weighted by molar-refractivity contribution is 0.0299. The Morgan fingerprint density at radius 3 is 2.62 bits per heavy atom. The molecule has 1 fully saturated rings. The molecule has 6 nitrogen and oxygen atoms in total. The predicted octanol–water partition coefficient (Wildman–Crippen LogP) is 3.07. The van der Waals surface area contributed by atoms with Gasteiger partial charge in [0.25, 0.3) is 5.91 Å². The molecule has 1 aromatic carbocycles. The van der Waals surface area contributed by atoms with E-state index >= 15 is 0 Å². The summed E-state index contributed by atoms with van der Waals surface area (Å²) >= 11 is 0. The molecule has 0 bridgehead atoms. The van der Waals surface area contributed by atoms with E-state index in [0.717, 1.165) is 18.5 Å². The number of benzene rings is 1. The second kappa shape index (κ2) is 8.76. The van der Waals surface area contributed by atoms with Crippen LogP contribution in [0.5, 0.6) is 0 Å². The van der Waals surface area contributed by atoms with E-state index in [2.05, 4.69) is 29.1 Å². The van der Waals surface area contributed by atoms with Gasteiger partial charge >= 0.3 is 0 Å². The number of nitrogens with one attached hydrogen (secondary N) is 1. The van der Waals surface area contributed by atoms with Crippen LogP contribution in [0.2, 0.25) is 0 Å². The fraction of sp³-hybridized carbons (Fsp3) is 0.450. The Hall–Kier alpha value is -2.47. The minimum atomic E-state index is -0.0696. The molecule has 2 heterocycles. The van der Waals surface area contributed by atoms with E-state index in [9.17, 15) is 4.79 Å². The van der Waals surface area contributed by atoms with E-state index in [1.807, 2.05) is 30.3 Å². The summed E-state index contributed by atoms with van der Waals surface area (Å²) in [5.74, 6) is 1.79. The zero-order valence-corrected chi connectivity index (χ0v) is 15.4. The first-order valence-electron chi connectivity index (χ1n) is 9.19. The summed E-state index contributed by atoms with van der Waals surface area (Å²) in [6, 6.07) is 11.5. The SMILES string of the molecule is CC(C)CCNc1cc(C(=O)N2CCOCC2)nc(-c2ccccc2)n1. The van der Waals surface area contributed by atoms with E-state index < -0.39 is 0 Å². The van der Waals surface area contributed by atoms with Crippen molar-refractivity contribution in [2.45, 2.75) is 20.3 Å². The number of ether oxygens (including phenoxy) is 1. The van der Waals surface area contributed by atoms with Crippen molar-refractivity contribution >= 4 is 11.7 Å². The zero-order chi connectivity index (χ0) is 18.4.